The number of phenols is 2. The summed E-state index contributed by atoms with van der Waals surface area (Å²) in [7, 11) is 0. The third-order valence-electron chi connectivity index (χ3n) is 4.77. The lowest BCUT2D eigenvalue weighted by Crippen LogP contribution is -2.33. The van der Waals surface area contributed by atoms with Crippen molar-refractivity contribution in [1.82, 2.24) is 0 Å². The van der Waals surface area contributed by atoms with Crippen LogP contribution in [0.4, 0.5) is 0 Å². The van der Waals surface area contributed by atoms with Crippen molar-refractivity contribution in [3.05, 3.63) is 39.9 Å². The zero-order valence-corrected chi connectivity index (χ0v) is 14.1. The molecular formula is C18H16O7. The number of ketones is 3. The summed E-state index contributed by atoms with van der Waals surface area (Å²) in [5, 5.41) is 31.4. The van der Waals surface area contributed by atoms with E-state index in [0.717, 1.165) is 13.0 Å². The van der Waals surface area contributed by atoms with Crippen molar-refractivity contribution in [2.75, 3.05) is 0 Å². The Hall–Kier alpha value is -3.09. The van der Waals surface area contributed by atoms with E-state index in [9.17, 15) is 29.7 Å². The highest BCUT2D eigenvalue weighted by molar-refractivity contribution is 6.25. The minimum atomic E-state index is -1.52. The van der Waals surface area contributed by atoms with Crippen LogP contribution in [0.15, 0.2) is 23.2 Å². The zero-order chi connectivity index (χ0) is 18.8. The maximum atomic E-state index is 12.1. The highest BCUT2D eigenvalue weighted by atomic mass is 16.5. The summed E-state index contributed by atoms with van der Waals surface area (Å²) >= 11 is 0. The number of fused-ring (bicyclic) bond motifs is 3. The standard InChI is InChI=1S/C18H16O7/c1-6-14(22)12(8(3)20)16-13(15(6)23)18(4)10(25-16)5-9(21)11(7(2)19)17(18)24/h5,22-24H,1-4H3/t18-/m1/s1. The van der Waals surface area contributed by atoms with Crippen LogP contribution < -0.4 is 4.74 Å². The minimum Gasteiger partial charge on any atom is -0.510 e. The number of aliphatic hydroxyl groups is 1. The smallest absolute Gasteiger partial charge is 0.196 e. The molecule has 2 aliphatic rings. The molecule has 1 aliphatic carbocycles. The fourth-order valence-corrected chi connectivity index (χ4v) is 3.36. The molecule has 25 heavy (non-hydrogen) atoms. The number of Topliss-reactive ketones (excluding diaryl/α,β-unsaturated/α-hetero) is 2. The van der Waals surface area contributed by atoms with E-state index in [2.05, 4.69) is 0 Å². The summed E-state index contributed by atoms with van der Waals surface area (Å²) in [6, 6.07) is 0. The summed E-state index contributed by atoms with van der Waals surface area (Å²) in [6.07, 6.45) is 1.05. The summed E-state index contributed by atoms with van der Waals surface area (Å²) in [5.74, 6) is -3.41. The van der Waals surface area contributed by atoms with Crippen molar-refractivity contribution in [3.63, 3.8) is 0 Å². The number of benzene rings is 1. The number of carbonyl (C=O) groups excluding carboxylic acids is 3. The highest BCUT2D eigenvalue weighted by Gasteiger charge is 2.54. The number of rotatable bonds is 2. The summed E-state index contributed by atoms with van der Waals surface area (Å²) in [5.41, 5.74) is -2.02. The van der Waals surface area contributed by atoms with Gasteiger partial charge in [-0.2, -0.15) is 0 Å². The molecule has 130 valence electrons. The van der Waals surface area contributed by atoms with Crippen LogP contribution in [0.5, 0.6) is 17.2 Å². The average molecular weight is 344 g/mol. The van der Waals surface area contributed by atoms with Gasteiger partial charge in [-0.1, -0.05) is 0 Å². The van der Waals surface area contributed by atoms with Crippen LogP contribution in [0.25, 0.3) is 0 Å². The number of hydrogen-bond acceptors (Lipinski definition) is 7. The van der Waals surface area contributed by atoms with E-state index in [1.807, 2.05) is 0 Å². The van der Waals surface area contributed by atoms with E-state index in [0.29, 0.717) is 0 Å². The number of carbonyl (C=O) groups is 3. The third-order valence-corrected chi connectivity index (χ3v) is 4.77. The van der Waals surface area contributed by atoms with Gasteiger partial charge in [-0.3, -0.25) is 14.4 Å². The molecule has 0 bridgehead atoms. The van der Waals surface area contributed by atoms with Gasteiger partial charge < -0.3 is 20.1 Å². The predicted molar refractivity (Wildman–Crippen MR) is 85.9 cm³/mol. The zero-order valence-electron chi connectivity index (χ0n) is 14.1. The first-order chi connectivity index (χ1) is 11.5. The van der Waals surface area contributed by atoms with Crippen LogP contribution in [-0.2, 0) is 15.0 Å². The maximum absolute atomic E-state index is 12.1. The molecule has 1 atom stereocenters. The lowest BCUT2D eigenvalue weighted by Gasteiger charge is -2.29. The molecule has 1 aromatic carbocycles. The molecule has 0 fully saturated rings. The highest BCUT2D eigenvalue weighted by Crippen LogP contribution is 2.58. The third kappa shape index (κ3) is 1.89. The second-order valence-electron chi connectivity index (χ2n) is 6.34. The van der Waals surface area contributed by atoms with Gasteiger partial charge in [0.2, 0.25) is 0 Å². The van der Waals surface area contributed by atoms with E-state index < -0.39 is 39.8 Å². The molecule has 0 amide bonds. The van der Waals surface area contributed by atoms with Gasteiger partial charge >= 0.3 is 0 Å². The molecule has 0 saturated carbocycles. The summed E-state index contributed by atoms with van der Waals surface area (Å²) in [4.78, 5) is 35.9. The molecule has 1 aliphatic heterocycles. The Bertz CT molecular complexity index is 949. The van der Waals surface area contributed by atoms with Crippen LogP contribution in [-0.4, -0.2) is 32.7 Å². The predicted octanol–water partition coefficient (Wildman–Crippen LogP) is 2.13. The molecule has 3 N–H and O–H groups in total. The second kappa shape index (κ2) is 4.95. The van der Waals surface area contributed by atoms with E-state index in [1.165, 1.54) is 20.8 Å². The van der Waals surface area contributed by atoms with Gasteiger partial charge in [-0.25, -0.2) is 0 Å². The van der Waals surface area contributed by atoms with Crippen LogP contribution in [0.1, 0.15) is 42.3 Å². The Kier molecular flexibility index (Phi) is 3.32. The summed E-state index contributed by atoms with van der Waals surface area (Å²) < 4.78 is 5.59. The quantitative estimate of drug-likeness (QED) is 0.555. The molecular weight excluding hydrogens is 328 g/mol. The molecule has 0 aromatic heterocycles. The Balaban J connectivity index is 2.47. The molecule has 0 radical (unpaired) electrons. The molecule has 3 rings (SSSR count). The summed E-state index contributed by atoms with van der Waals surface area (Å²) in [6.45, 7) is 5.24. The SMILES string of the molecule is CC(=O)C1=C(O)[C@]2(C)C(=CC1=O)Oc1c(C(C)=O)c(O)c(C)c(O)c12. The Morgan fingerprint density at radius 3 is 2.20 bits per heavy atom. The van der Waals surface area contributed by atoms with E-state index >= 15 is 0 Å². The number of ether oxygens (including phenoxy) is 1. The lowest BCUT2D eigenvalue weighted by molar-refractivity contribution is -0.118. The number of hydrogen-bond donors (Lipinski definition) is 3. The molecule has 0 unspecified atom stereocenters. The van der Waals surface area contributed by atoms with Crippen molar-refractivity contribution >= 4 is 17.3 Å². The van der Waals surface area contributed by atoms with E-state index in [-0.39, 0.29) is 33.9 Å². The maximum Gasteiger partial charge on any atom is 0.196 e. The second-order valence-corrected chi connectivity index (χ2v) is 6.34. The van der Waals surface area contributed by atoms with Gasteiger partial charge in [0.15, 0.2) is 17.3 Å². The number of aliphatic hydroxyl groups excluding tert-OH is 1. The monoisotopic (exact) mass is 344 g/mol. The Labute approximate surface area is 142 Å². The lowest BCUT2D eigenvalue weighted by atomic mass is 9.73. The Morgan fingerprint density at radius 1 is 1.08 bits per heavy atom. The molecule has 1 aromatic rings. The number of phenolic OH excluding ortho intramolecular Hbond substituents is 2. The van der Waals surface area contributed by atoms with Crippen molar-refractivity contribution < 1.29 is 34.4 Å². The van der Waals surface area contributed by atoms with Crippen LogP contribution >= 0.6 is 0 Å². The molecule has 7 heteroatoms. The van der Waals surface area contributed by atoms with Gasteiger partial charge in [0, 0.05) is 11.6 Å². The van der Waals surface area contributed by atoms with E-state index in [1.54, 1.807) is 0 Å². The Morgan fingerprint density at radius 2 is 1.68 bits per heavy atom. The first-order valence-corrected chi connectivity index (χ1v) is 7.52. The fourth-order valence-electron chi connectivity index (χ4n) is 3.36. The topological polar surface area (TPSA) is 121 Å². The van der Waals surface area contributed by atoms with E-state index in [4.69, 9.17) is 4.74 Å². The first kappa shape index (κ1) is 16.8. The first-order valence-electron chi connectivity index (χ1n) is 7.52. The minimum absolute atomic E-state index is 0.0298. The fraction of sp³-hybridized carbons (Fsp3) is 0.278. The van der Waals surface area contributed by atoms with Gasteiger partial charge in [0.1, 0.15) is 45.3 Å². The van der Waals surface area contributed by atoms with Gasteiger partial charge in [0.05, 0.1) is 5.56 Å². The number of allylic oxidation sites excluding steroid dienone is 2. The van der Waals surface area contributed by atoms with Crippen molar-refractivity contribution in [2.45, 2.75) is 33.1 Å². The molecule has 0 saturated heterocycles. The number of aromatic hydroxyl groups is 2. The van der Waals surface area contributed by atoms with Gasteiger partial charge in [-0.15, -0.1) is 0 Å². The molecule has 1 heterocycles. The average Bonchev–Trinajstić information content (AvgIpc) is 2.78. The molecule has 0 spiro atoms. The molecule has 7 nitrogen and oxygen atoms in total. The van der Waals surface area contributed by atoms with Crippen LogP contribution in [0.3, 0.4) is 0 Å². The van der Waals surface area contributed by atoms with Gasteiger partial charge in [-0.05, 0) is 27.7 Å². The van der Waals surface area contributed by atoms with Crippen molar-refractivity contribution in [3.8, 4) is 17.2 Å². The van der Waals surface area contributed by atoms with Crippen molar-refractivity contribution in [1.29, 1.82) is 0 Å². The van der Waals surface area contributed by atoms with Crippen LogP contribution in [0, 0.1) is 6.92 Å². The van der Waals surface area contributed by atoms with Crippen molar-refractivity contribution in [2.24, 2.45) is 0 Å². The van der Waals surface area contributed by atoms with Gasteiger partial charge in [0.25, 0.3) is 0 Å². The van der Waals surface area contributed by atoms with Crippen LogP contribution in [0.2, 0.25) is 0 Å². The largest absolute Gasteiger partial charge is 0.510 e. The normalized spacial score (nSPS) is 21.4.